The molecule has 2 aromatic carbocycles. The number of hydrogen-bond donors (Lipinski definition) is 0. The van der Waals surface area contributed by atoms with Crippen molar-refractivity contribution in [1.82, 2.24) is 24.4 Å². The maximum absolute atomic E-state index is 13.2. The fourth-order valence-electron chi connectivity index (χ4n) is 3.93. The Morgan fingerprint density at radius 3 is 2.56 bits per heavy atom. The van der Waals surface area contributed by atoms with Gasteiger partial charge >= 0.3 is 0 Å². The lowest BCUT2D eigenvalue weighted by molar-refractivity contribution is 0.408. The van der Waals surface area contributed by atoms with Gasteiger partial charge < -0.3 is 9.30 Å². The van der Waals surface area contributed by atoms with Crippen molar-refractivity contribution in [2.75, 3.05) is 7.11 Å². The van der Waals surface area contributed by atoms with Crippen molar-refractivity contribution in [3.63, 3.8) is 0 Å². The van der Waals surface area contributed by atoms with Gasteiger partial charge in [-0.05, 0) is 36.2 Å². The van der Waals surface area contributed by atoms with Gasteiger partial charge in [0.25, 0.3) is 5.56 Å². The lowest BCUT2D eigenvalue weighted by atomic mass is 10.0. The van der Waals surface area contributed by atoms with Crippen LogP contribution < -0.4 is 10.3 Å². The molecule has 0 aliphatic carbocycles. The van der Waals surface area contributed by atoms with Crippen LogP contribution in [0.5, 0.6) is 5.75 Å². The molecule has 0 spiro atoms. The minimum atomic E-state index is -0.232. The van der Waals surface area contributed by atoms with E-state index in [-0.39, 0.29) is 11.1 Å². The highest BCUT2D eigenvalue weighted by atomic mass is 35.5. The third-order valence-corrected chi connectivity index (χ3v) is 5.78. The van der Waals surface area contributed by atoms with E-state index in [1.807, 2.05) is 61.5 Å². The predicted molar refractivity (Wildman–Crippen MR) is 124 cm³/mol. The Morgan fingerprint density at radius 2 is 1.81 bits per heavy atom. The van der Waals surface area contributed by atoms with Crippen molar-refractivity contribution in [3.8, 4) is 16.9 Å². The van der Waals surface area contributed by atoms with Crippen LogP contribution in [0.4, 0.5) is 0 Å². The Morgan fingerprint density at radius 1 is 1.03 bits per heavy atom. The molecule has 32 heavy (non-hydrogen) atoms. The molecular weight excluding hydrogens is 426 g/mol. The van der Waals surface area contributed by atoms with Gasteiger partial charge in [0.15, 0.2) is 11.2 Å². The third-order valence-electron chi connectivity index (χ3n) is 5.53. The van der Waals surface area contributed by atoms with E-state index < -0.39 is 0 Å². The topological polar surface area (TPSA) is 74.3 Å². The summed E-state index contributed by atoms with van der Waals surface area (Å²) in [6.45, 7) is 2.41. The number of nitrogens with zero attached hydrogens (tertiary/aromatic N) is 5. The van der Waals surface area contributed by atoms with E-state index in [0.29, 0.717) is 29.2 Å². The summed E-state index contributed by atoms with van der Waals surface area (Å²) in [5, 5.41) is 14.1. The Balaban J connectivity index is 1.67. The second-order valence-electron chi connectivity index (χ2n) is 7.41. The molecule has 0 saturated heterocycles. The first-order valence-corrected chi connectivity index (χ1v) is 10.6. The third kappa shape index (κ3) is 3.31. The molecule has 0 radical (unpaired) electrons. The van der Waals surface area contributed by atoms with Crippen molar-refractivity contribution in [3.05, 3.63) is 87.4 Å². The number of aromatic nitrogens is 5. The Bertz CT molecular complexity index is 1510. The van der Waals surface area contributed by atoms with Crippen LogP contribution in [0.3, 0.4) is 0 Å². The molecule has 0 atom stereocenters. The molecule has 0 amide bonds. The molecule has 0 bridgehead atoms. The molecule has 0 aliphatic rings. The number of methoxy groups -OCH3 is 1. The average Bonchev–Trinajstić information content (AvgIpc) is 3.21. The normalized spacial score (nSPS) is 11.3. The Kier molecular flexibility index (Phi) is 5.11. The van der Waals surface area contributed by atoms with Gasteiger partial charge in [-0.2, -0.15) is 5.10 Å². The summed E-state index contributed by atoms with van der Waals surface area (Å²) in [5.74, 6) is 0.730. The van der Waals surface area contributed by atoms with Crippen LogP contribution in [0.15, 0.2) is 65.6 Å². The number of pyridine rings is 1. The molecular formula is C24H20ClN5O2. The number of para-hydroxylation sites is 1. The van der Waals surface area contributed by atoms with Gasteiger partial charge in [-0.1, -0.05) is 48.9 Å². The van der Waals surface area contributed by atoms with Gasteiger partial charge in [0.1, 0.15) is 11.3 Å². The molecule has 0 saturated carbocycles. The number of halogens is 1. The van der Waals surface area contributed by atoms with Crippen LogP contribution in [-0.4, -0.2) is 31.5 Å². The zero-order chi connectivity index (χ0) is 22.2. The van der Waals surface area contributed by atoms with Crippen LogP contribution in [0.25, 0.3) is 27.8 Å². The highest BCUT2D eigenvalue weighted by Gasteiger charge is 2.19. The first kappa shape index (κ1) is 20.2. The first-order valence-electron chi connectivity index (χ1n) is 10.3. The van der Waals surface area contributed by atoms with E-state index in [1.54, 1.807) is 22.4 Å². The van der Waals surface area contributed by atoms with E-state index in [4.69, 9.17) is 21.4 Å². The second kappa shape index (κ2) is 8.09. The van der Waals surface area contributed by atoms with Gasteiger partial charge in [-0.15, -0.1) is 10.2 Å². The van der Waals surface area contributed by atoms with Crippen molar-refractivity contribution >= 4 is 28.3 Å². The van der Waals surface area contributed by atoms with Gasteiger partial charge in [-0.25, -0.2) is 4.52 Å². The monoisotopic (exact) mass is 445 g/mol. The maximum Gasteiger partial charge on any atom is 0.280 e. The van der Waals surface area contributed by atoms with Crippen LogP contribution in [0, 0.1) is 0 Å². The number of ether oxygens (including phenoxy) is 1. The SMILES string of the molecule is CCc1nn2c(nnc3c(=O)n(Cc4ccccc4OC)ccc32)c1-c1ccc(Cl)cc1. The zero-order valence-electron chi connectivity index (χ0n) is 17.6. The molecule has 5 rings (SSSR count). The highest BCUT2D eigenvalue weighted by Crippen LogP contribution is 2.30. The maximum atomic E-state index is 13.2. The Hall–Kier alpha value is -3.71. The van der Waals surface area contributed by atoms with Crippen LogP contribution in [0.1, 0.15) is 18.2 Å². The number of hydrogen-bond acceptors (Lipinski definition) is 5. The molecule has 0 aliphatic heterocycles. The Labute approximate surface area is 188 Å². The van der Waals surface area contributed by atoms with Crippen molar-refractivity contribution in [1.29, 1.82) is 0 Å². The van der Waals surface area contributed by atoms with E-state index in [1.165, 1.54) is 0 Å². The van der Waals surface area contributed by atoms with E-state index in [9.17, 15) is 4.79 Å². The lowest BCUT2D eigenvalue weighted by Gasteiger charge is -2.11. The van der Waals surface area contributed by atoms with Crippen LogP contribution in [0.2, 0.25) is 5.02 Å². The molecule has 8 heteroatoms. The van der Waals surface area contributed by atoms with E-state index in [2.05, 4.69) is 10.2 Å². The summed E-state index contributed by atoms with van der Waals surface area (Å²) in [5.41, 5.74) is 4.91. The minimum Gasteiger partial charge on any atom is -0.496 e. The zero-order valence-corrected chi connectivity index (χ0v) is 18.4. The first-order chi connectivity index (χ1) is 15.6. The molecule has 0 N–H and O–H groups in total. The van der Waals surface area contributed by atoms with Crippen molar-refractivity contribution < 1.29 is 4.74 Å². The van der Waals surface area contributed by atoms with E-state index in [0.717, 1.165) is 28.1 Å². The predicted octanol–water partition coefficient (Wildman–Crippen LogP) is 4.38. The van der Waals surface area contributed by atoms with Gasteiger partial charge in [-0.3, -0.25) is 4.79 Å². The summed E-state index contributed by atoms with van der Waals surface area (Å²) < 4.78 is 8.72. The molecule has 3 heterocycles. The fourth-order valence-corrected chi connectivity index (χ4v) is 4.06. The van der Waals surface area contributed by atoms with Crippen LogP contribution >= 0.6 is 11.6 Å². The molecule has 160 valence electrons. The lowest BCUT2D eigenvalue weighted by Crippen LogP contribution is -2.22. The van der Waals surface area contributed by atoms with Crippen molar-refractivity contribution in [2.45, 2.75) is 19.9 Å². The molecule has 0 fully saturated rings. The summed E-state index contributed by atoms with van der Waals surface area (Å²) in [7, 11) is 1.62. The van der Waals surface area contributed by atoms with Gasteiger partial charge in [0.05, 0.1) is 24.9 Å². The largest absolute Gasteiger partial charge is 0.496 e. The number of rotatable bonds is 5. The minimum absolute atomic E-state index is 0.232. The summed E-state index contributed by atoms with van der Waals surface area (Å²) in [4.78, 5) is 13.2. The number of aryl methyl sites for hydroxylation is 1. The summed E-state index contributed by atoms with van der Waals surface area (Å²) in [6, 6.07) is 17.0. The summed E-state index contributed by atoms with van der Waals surface area (Å²) in [6.07, 6.45) is 2.47. The highest BCUT2D eigenvalue weighted by molar-refractivity contribution is 6.30. The average molecular weight is 446 g/mol. The van der Waals surface area contributed by atoms with Gasteiger partial charge in [0, 0.05) is 16.8 Å². The fraction of sp³-hybridized carbons (Fsp3) is 0.167. The second-order valence-corrected chi connectivity index (χ2v) is 7.85. The van der Waals surface area contributed by atoms with Crippen molar-refractivity contribution in [2.24, 2.45) is 0 Å². The molecule has 7 nitrogen and oxygen atoms in total. The quantitative estimate of drug-likeness (QED) is 0.401. The van der Waals surface area contributed by atoms with Gasteiger partial charge in [0.2, 0.25) is 0 Å². The number of benzene rings is 2. The molecule has 3 aromatic heterocycles. The van der Waals surface area contributed by atoms with Crippen LogP contribution in [-0.2, 0) is 13.0 Å². The number of fused-ring (bicyclic) bond motifs is 3. The molecule has 5 aromatic rings. The summed E-state index contributed by atoms with van der Waals surface area (Å²) >= 11 is 6.06. The molecule has 0 unspecified atom stereocenters. The smallest absolute Gasteiger partial charge is 0.280 e. The standard InChI is InChI=1S/C24H20ClN5O2/c1-3-18-21(15-8-10-17(25)11-9-15)23-27-26-22-19(30(23)28-18)12-13-29(24(22)31)14-16-6-4-5-7-20(16)32-2/h4-13H,3,14H2,1-2H3. The van der Waals surface area contributed by atoms with E-state index >= 15 is 0 Å².